The number of rotatable bonds is 6. The van der Waals surface area contributed by atoms with Crippen LogP contribution in [0.1, 0.15) is 0 Å². The van der Waals surface area contributed by atoms with E-state index in [0.717, 1.165) is 49.8 Å². The van der Waals surface area contributed by atoms with E-state index in [0.29, 0.717) is 17.5 Å². The normalized spacial score (nSPS) is 11.8. The molecule has 0 radical (unpaired) electrons. The Bertz CT molecular complexity index is 3910. The van der Waals surface area contributed by atoms with Crippen molar-refractivity contribution in [2.24, 2.45) is 0 Å². The maximum absolute atomic E-state index is 6.62. The Morgan fingerprint density at radius 3 is 1.70 bits per heavy atom. The van der Waals surface area contributed by atoms with Crippen molar-refractivity contribution in [1.82, 2.24) is 19.5 Å². The highest BCUT2D eigenvalue weighted by atomic mass is 32.1. The SMILES string of the molecule is c1ccc(-c2nc(-c3ccc4c(c3)oc3ccc(-n5c6ccccc6c6cccc(-c7ccccc7)c65)cc34)nc(-c3ccc4c(c3)sc3c(-c5ccccc5)cccc34)n2)cc1. The Labute approximate surface area is 365 Å². The predicted molar refractivity (Wildman–Crippen MR) is 262 cm³/mol. The number of thiophene rings is 1. The predicted octanol–water partition coefficient (Wildman–Crippen LogP) is 15.6. The van der Waals surface area contributed by atoms with E-state index in [-0.39, 0.29) is 0 Å². The molecule has 0 atom stereocenters. The van der Waals surface area contributed by atoms with Gasteiger partial charge in [0.2, 0.25) is 0 Å². The first-order valence-corrected chi connectivity index (χ1v) is 21.9. The van der Waals surface area contributed by atoms with Crippen molar-refractivity contribution >= 4 is 75.3 Å². The van der Waals surface area contributed by atoms with Gasteiger partial charge in [-0.15, -0.1) is 11.3 Å². The molecular formula is C57H34N4OS. The highest BCUT2D eigenvalue weighted by Gasteiger charge is 2.20. The van der Waals surface area contributed by atoms with Gasteiger partial charge in [0.05, 0.1) is 11.0 Å². The van der Waals surface area contributed by atoms with Crippen LogP contribution in [0.2, 0.25) is 0 Å². The molecule has 13 rings (SSSR count). The van der Waals surface area contributed by atoms with Crippen LogP contribution in [0.25, 0.3) is 126 Å². The maximum atomic E-state index is 6.62. The van der Waals surface area contributed by atoms with Crippen LogP contribution < -0.4 is 0 Å². The Hall–Kier alpha value is -8.19. The van der Waals surface area contributed by atoms with E-state index in [1.165, 1.54) is 58.7 Å². The molecule has 4 heterocycles. The summed E-state index contributed by atoms with van der Waals surface area (Å²) in [6.07, 6.45) is 0. The van der Waals surface area contributed by atoms with Gasteiger partial charge in [-0.1, -0.05) is 164 Å². The van der Waals surface area contributed by atoms with Crippen molar-refractivity contribution in [3.63, 3.8) is 0 Å². The molecule has 0 aliphatic rings. The summed E-state index contributed by atoms with van der Waals surface area (Å²) >= 11 is 1.81. The second kappa shape index (κ2) is 14.2. The van der Waals surface area contributed by atoms with Crippen LogP contribution >= 0.6 is 11.3 Å². The minimum atomic E-state index is 0.587. The van der Waals surface area contributed by atoms with Crippen LogP contribution in [0.15, 0.2) is 211 Å². The fraction of sp³-hybridized carbons (Fsp3) is 0. The molecule has 0 bridgehead atoms. The summed E-state index contributed by atoms with van der Waals surface area (Å²) in [4.78, 5) is 15.3. The fourth-order valence-corrected chi connectivity index (χ4v) is 10.6. The van der Waals surface area contributed by atoms with Crippen molar-refractivity contribution < 1.29 is 4.42 Å². The van der Waals surface area contributed by atoms with E-state index in [4.69, 9.17) is 19.4 Å². The van der Waals surface area contributed by atoms with Gasteiger partial charge in [0, 0.05) is 69.7 Å². The fourth-order valence-electron chi connectivity index (χ4n) is 9.31. The maximum Gasteiger partial charge on any atom is 0.164 e. The quantitative estimate of drug-likeness (QED) is 0.168. The van der Waals surface area contributed by atoms with Crippen LogP contribution in [-0.2, 0) is 0 Å². The largest absolute Gasteiger partial charge is 0.456 e. The van der Waals surface area contributed by atoms with Crippen molar-refractivity contribution in [2.45, 2.75) is 0 Å². The van der Waals surface area contributed by atoms with Gasteiger partial charge >= 0.3 is 0 Å². The summed E-state index contributed by atoms with van der Waals surface area (Å²) in [6.45, 7) is 0. The molecule has 0 amide bonds. The zero-order valence-electron chi connectivity index (χ0n) is 33.7. The lowest BCUT2D eigenvalue weighted by Gasteiger charge is -2.12. The van der Waals surface area contributed by atoms with Gasteiger partial charge in [0.1, 0.15) is 11.2 Å². The summed E-state index contributed by atoms with van der Waals surface area (Å²) in [5, 5.41) is 7.00. The minimum absolute atomic E-state index is 0.587. The Morgan fingerprint density at radius 1 is 0.365 bits per heavy atom. The number of hydrogen-bond acceptors (Lipinski definition) is 5. The van der Waals surface area contributed by atoms with Gasteiger partial charge in [0.15, 0.2) is 17.5 Å². The molecule has 0 aliphatic heterocycles. The number of furan rings is 1. The molecule has 0 saturated carbocycles. The summed E-state index contributed by atoms with van der Waals surface area (Å²) < 4.78 is 11.5. The number of para-hydroxylation sites is 2. The molecule has 294 valence electrons. The summed E-state index contributed by atoms with van der Waals surface area (Å²) in [5.74, 6) is 1.83. The van der Waals surface area contributed by atoms with Crippen molar-refractivity contribution in [3.05, 3.63) is 206 Å². The lowest BCUT2D eigenvalue weighted by molar-refractivity contribution is 0.669. The van der Waals surface area contributed by atoms with Crippen molar-refractivity contribution in [3.8, 4) is 62.1 Å². The van der Waals surface area contributed by atoms with Gasteiger partial charge in [0.25, 0.3) is 0 Å². The third-order valence-electron chi connectivity index (χ3n) is 12.3. The number of benzene rings is 9. The van der Waals surface area contributed by atoms with E-state index in [9.17, 15) is 0 Å². The van der Waals surface area contributed by atoms with E-state index in [2.05, 4.69) is 180 Å². The first-order chi connectivity index (χ1) is 31.2. The van der Waals surface area contributed by atoms with Crippen molar-refractivity contribution in [2.75, 3.05) is 0 Å². The van der Waals surface area contributed by atoms with Crippen LogP contribution in [-0.4, -0.2) is 19.5 Å². The smallest absolute Gasteiger partial charge is 0.164 e. The van der Waals surface area contributed by atoms with Gasteiger partial charge < -0.3 is 8.98 Å². The Morgan fingerprint density at radius 2 is 0.952 bits per heavy atom. The average molecular weight is 823 g/mol. The molecule has 0 N–H and O–H groups in total. The number of nitrogens with zero attached hydrogens (tertiary/aromatic N) is 4. The molecule has 0 fully saturated rings. The standard InChI is InChI=1S/C57H34N4OS/c1-4-14-35(15-5-1)41-21-12-23-46-43-20-10-11-25-49(43)61(53(41)46)40-28-31-50-48(34-40)44-29-26-38(32-51(44)62-50)56-58-55(37-18-8-3-9-19-37)59-57(60-56)39-27-30-45-47-24-13-22-42(36-16-6-2-7-17-36)54(47)63-52(45)33-39/h1-34H. The molecule has 0 unspecified atom stereocenters. The number of aromatic nitrogens is 4. The lowest BCUT2D eigenvalue weighted by atomic mass is 10.0. The zero-order chi connectivity index (χ0) is 41.4. The van der Waals surface area contributed by atoms with E-state index in [1.807, 2.05) is 41.7 Å². The summed E-state index contributed by atoms with van der Waals surface area (Å²) in [6, 6.07) is 72.7. The van der Waals surface area contributed by atoms with Gasteiger partial charge in [-0.2, -0.15) is 0 Å². The van der Waals surface area contributed by atoms with Gasteiger partial charge in [-0.25, -0.2) is 15.0 Å². The Balaban J connectivity index is 0.942. The third-order valence-corrected chi connectivity index (χ3v) is 13.5. The Kier molecular flexibility index (Phi) is 8.01. The summed E-state index contributed by atoms with van der Waals surface area (Å²) in [7, 11) is 0. The van der Waals surface area contributed by atoms with E-state index >= 15 is 0 Å². The molecule has 0 spiro atoms. The molecular weight excluding hydrogens is 789 g/mol. The summed E-state index contributed by atoms with van der Waals surface area (Å²) in [5.41, 5.74) is 12.6. The molecule has 0 saturated heterocycles. The van der Waals surface area contributed by atoms with Crippen LogP contribution in [0.5, 0.6) is 0 Å². The first-order valence-electron chi connectivity index (χ1n) is 21.1. The third kappa shape index (κ3) is 5.80. The average Bonchev–Trinajstić information content (AvgIpc) is 4.03. The van der Waals surface area contributed by atoms with E-state index in [1.54, 1.807) is 0 Å². The monoisotopic (exact) mass is 822 g/mol. The molecule has 9 aromatic carbocycles. The highest BCUT2D eigenvalue weighted by molar-refractivity contribution is 7.26. The minimum Gasteiger partial charge on any atom is -0.456 e. The van der Waals surface area contributed by atoms with Crippen LogP contribution in [0.4, 0.5) is 0 Å². The van der Waals surface area contributed by atoms with E-state index < -0.39 is 0 Å². The molecule has 6 heteroatoms. The molecule has 0 aliphatic carbocycles. The van der Waals surface area contributed by atoms with Gasteiger partial charge in [-0.05, 0) is 59.2 Å². The number of hydrogen-bond donors (Lipinski definition) is 0. The second-order valence-electron chi connectivity index (χ2n) is 15.9. The molecule has 5 nitrogen and oxygen atoms in total. The van der Waals surface area contributed by atoms with Crippen LogP contribution in [0, 0.1) is 0 Å². The molecule has 4 aromatic heterocycles. The van der Waals surface area contributed by atoms with Crippen LogP contribution in [0.3, 0.4) is 0 Å². The topological polar surface area (TPSA) is 56.7 Å². The lowest BCUT2D eigenvalue weighted by Crippen LogP contribution is -2.00. The second-order valence-corrected chi connectivity index (χ2v) is 17.0. The molecule has 13 aromatic rings. The van der Waals surface area contributed by atoms with Crippen molar-refractivity contribution in [1.29, 1.82) is 0 Å². The first kappa shape index (κ1) is 35.6. The molecule has 63 heavy (non-hydrogen) atoms. The number of fused-ring (bicyclic) bond motifs is 9. The highest BCUT2D eigenvalue weighted by Crippen LogP contribution is 2.43. The zero-order valence-corrected chi connectivity index (χ0v) is 34.6. The van der Waals surface area contributed by atoms with Gasteiger partial charge in [-0.3, -0.25) is 0 Å².